The van der Waals surface area contributed by atoms with Gasteiger partial charge in [-0.3, -0.25) is 5.10 Å². The van der Waals surface area contributed by atoms with Gasteiger partial charge in [0, 0.05) is 12.5 Å². The monoisotopic (exact) mass is 316 g/mol. The Morgan fingerprint density at radius 2 is 2.04 bits per heavy atom. The van der Waals surface area contributed by atoms with Crippen LogP contribution in [0, 0.1) is 12.7 Å². The molecule has 1 aromatic carbocycles. The molecule has 0 radical (unpaired) electrons. The molecule has 0 saturated heterocycles. The number of aromatic amines is 1. The average molecular weight is 316 g/mol. The summed E-state index contributed by atoms with van der Waals surface area (Å²) in [4.78, 5) is 12.3. The van der Waals surface area contributed by atoms with E-state index >= 15 is 0 Å². The van der Waals surface area contributed by atoms with Gasteiger partial charge < -0.3 is 9.15 Å². The van der Waals surface area contributed by atoms with Gasteiger partial charge in [0.15, 0.2) is 6.10 Å². The van der Waals surface area contributed by atoms with Gasteiger partial charge in [-0.15, -0.1) is 10.2 Å². The number of ether oxygens (including phenoxy) is 1. The van der Waals surface area contributed by atoms with Crippen molar-refractivity contribution in [3.05, 3.63) is 53.6 Å². The van der Waals surface area contributed by atoms with Gasteiger partial charge in [0.1, 0.15) is 11.4 Å². The topological polar surface area (TPSA) is 93.9 Å². The van der Waals surface area contributed by atoms with E-state index in [2.05, 4.69) is 20.4 Å². The minimum atomic E-state index is -0.695. The van der Waals surface area contributed by atoms with Crippen molar-refractivity contribution < 1.29 is 18.3 Å². The highest BCUT2D eigenvalue weighted by Crippen LogP contribution is 2.24. The smallest absolute Gasteiger partial charge is 0.342 e. The normalized spacial score (nSPS) is 12.1. The van der Waals surface area contributed by atoms with Crippen molar-refractivity contribution in [3.8, 4) is 11.3 Å². The van der Waals surface area contributed by atoms with E-state index in [0.717, 1.165) is 0 Å². The molecular weight excluding hydrogens is 303 g/mol. The number of nitrogens with zero attached hydrogens (tertiary/aromatic N) is 3. The first-order valence-electron chi connectivity index (χ1n) is 6.85. The molecule has 3 rings (SSSR count). The van der Waals surface area contributed by atoms with Crippen molar-refractivity contribution in [2.75, 3.05) is 0 Å². The summed E-state index contributed by atoms with van der Waals surface area (Å²) >= 11 is 0. The van der Waals surface area contributed by atoms with Crippen molar-refractivity contribution in [2.45, 2.75) is 20.0 Å². The highest BCUT2D eigenvalue weighted by molar-refractivity contribution is 5.96. The van der Waals surface area contributed by atoms with Gasteiger partial charge in [-0.05, 0) is 31.2 Å². The van der Waals surface area contributed by atoms with Gasteiger partial charge in [0.25, 0.3) is 5.89 Å². The van der Waals surface area contributed by atoms with E-state index in [1.165, 1.54) is 18.3 Å². The fourth-order valence-electron chi connectivity index (χ4n) is 2.03. The molecule has 1 N–H and O–H groups in total. The Bertz CT molecular complexity index is 825. The predicted molar refractivity (Wildman–Crippen MR) is 76.8 cm³/mol. The maximum absolute atomic E-state index is 13.0. The summed E-state index contributed by atoms with van der Waals surface area (Å²) in [6.45, 7) is 3.27. The summed E-state index contributed by atoms with van der Waals surface area (Å²) in [5.74, 6) is -0.361. The number of hydrogen-bond donors (Lipinski definition) is 1. The van der Waals surface area contributed by atoms with Gasteiger partial charge in [0.05, 0.1) is 11.9 Å². The summed E-state index contributed by atoms with van der Waals surface area (Å²) < 4.78 is 23.5. The lowest BCUT2D eigenvalue weighted by Gasteiger charge is -2.09. The first-order valence-corrected chi connectivity index (χ1v) is 6.85. The number of aromatic nitrogens is 4. The zero-order valence-electron chi connectivity index (χ0n) is 12.4. The highest BCUT2D eigenvalue weighted by Gasteiger charge is 2.22. The van der Waals surface area contributed by atoms with Crippen molar-refractivity contribution in [1.82, 2.24) is 20.4 Å². The molecule has 0 aliphatic heterocycles. The molecule has 8 heteroatoms. The first-order chi connectivity index (χ1) is 11.0. The van der Waals surface area contributed by atoms with Crippen LogP contribution in [0.2, 0.25) is 0 Å². The van der Waals surface area contributed by atoms with E-state index in [1.807, 2.05) is 0 Å². The number of hydrogen-bond acceptors (Lipinski definition) is 6. The van der Waals surface area contributed by atoms with Crippen LogP contribution in [0.15, 0.2) is 34.9 Å². The number of carbonyl (C=O) groups is 1. The number of H-pyrrole nitrogens is 1. The summed E-state index contributed by atoms with van der Waals surface area (Å²) in [7, 11) is 0. The summed E-state index contributed by atoms with van der Waals surface area (Å²) in [5, 5.41) is 14.1. The second-order valence-corrected chi connectivity index (χ2v) is 4.87. The Morgan fingerprint density at radius 1 is 1.30 bits per heavy atom. The Morgan fingerprint density at radius 3 is 2.70 bits per heavy atom. The standard InChI is InChI=1S/C15H13FN4O3/c1-8(14-20-18-9(2)23-14)22-15(21)12-7-17-19-13(12)10-3-5-11(16)6-4-10/h3-8H,1-2H3,(H,17,19)/t8-/m1/s1. The third-order valence-electron chi connectivity index (χ3n) is 3.17. The molecule has 0 saturated carbocycles. The van der Waals surface area contributed by atoms with Gasteiger partial charge in [-0.25, -0.2) is 9.18 Å². The molecule has 0 fully saturated rings. The van der Waals surface area contributed by atoms with E-state index in [-0.39, 0.29) is 17.3 Å². The molecule has 7 nitrogen and oxygen atoms in total. The molecule has 2 heterocycles. The van der Waals surface area contributed by atoms with Crippen LogP contribution in [0.25, 0.3) is 11.3 Å². The van der Waals surface area contributed by atoms with Crippen LogP contribution < -0.4 is 0 Å². The minimum Gasteiger partial charge on any atom is -0.449 e. The minimum absolute atomic E-state index is 0.211. The summed E-state index contributed by atoms with van der Waals surface area (Å²) in [5.41, 5.74) is 1.31. The Hall–Kier alpha value is -3.03. The lowest BCUT2D eigenvalue weighted by Crippen LogP contribution is -2.10. The van der Waals surface area contributed by atoms with E-state index in [9.17, 15) is 9.18 Å². The SMILES string of the molecule is Cc1nnc([C@@H](C)OC(=O)c2cn[nH]c2-c2ccc(F)cc2)o1. The van der Waals surface area contributed by atoms with Crippen molar-refractivity contribution >= 4 is 5.97 Å². The van der Waals surface area contributed by atoms with Crippen LogP contribution >= 0.6 is 0 Å². The van der Waals surface area contributed by atoms with Gasteiger partial charge >= 0.3 is 5.97 Å². The Kier molecular flexibility index (Phi) is 3.88. The molecule has 118 valence electrons. The molecule has 0 bridgehead atoms. The largest absolute Gasteiger partial charge is 0.449 e. The van der Waals surface area contributed by atoms with Crippen LogP contribution in [0.4, 0.5) is 4.39 Å². The first kappa shape index (κ1) is 14.9. The molecular formula is C15H13FN4O3. The maximum atomic E-state index is 13.0. The fourth-order valence-corrected chi connectivity index (χ4v) is 2.03. The van der Waals surface area contributed by atoms with Crippen LogP contribution in [0.3, 0.4) is 0 Å². The lowest BCUT2D eigenvalue weighted by atomic mass is 10.1. The highest BCUT2D eigenvalue weighted by atomic mass is 19.1. The van der Waals surface area contributed by atoms with Crippen LogP contribution in [0.5, 0.6) is 0 Å². The third kappa shape index (κ3) is 3.10. The van der Waals surface area contributed by atoms with Crippen molar-refractivity contribution in [2.24, 2.45) is 0 Å². The van der Waals surface area contributed by atoms with E-state index in [4.69, 9.17) is 9.15 Å². The second kappa shape index (κ2) is 5.99. The quantitative estimate of drug-likeness (QED) is 0.744. The number of carbonyl (C=O) groups excluding carboxylic acids is 1. The number of rotatable bonds is 4. The number of benzene rings is 1. The number of aryl methyl sites for hydroxylation is 1. The number of nitrogens with one attached hydrogen (secondary N) is 1. The molecule has 2 aromatic heterocycles. The second-order valence-electron chi connectivity index (χ2n) is 4.87. The number of halogens is 1. The summed E-state index contributed by atoms with van der Waals surface area (Å²) in [6, 6.07) is 5.69. The van der Waals surface area contributed by atoms with Gasteiger partial charge in [-0.1, -0.05) is 0 Å². The van der Waals surface area contributed by atoms with Gasteiger partial charge in [-0.2, -0.15) is 5.10 Å². The van der Waals surface area contributed by atoms with Crippen LogP contribution in [0.1, 0.15) is 35.2 Å². The van der Waals surface area contributed by atoms with Gasteiger partial charge in [0.2, 0.25) is 5.89 Å². The zero-order valence-corrected chi connectivity index (χ0v) is 12.4. The van der Waals surface area contributed by atoms with E-state index in [0.29, 0.717) is 17.1 Å². The predicted octanol–water partition coefficient (Wildman–Crippen LogP) is 2.83. The van der Waals surface area contributed by atoms with Crippen LogP contribution in [-0.4, -0.2) is 26.4 Å². The molecule has 1 atom stereocenters. The molecule has 0 aliphatic rings. The van der Waals surface area contributed by atoms with Crippen LogP contribution in [-0.2, 0) is 4.74 Å². The molecule has 0 unspecified atom stereocenters. The molecule has 3 aromatic rings. The van der Waals surface area contributed by atoms with E-state index < -0.39 is 12.1 Å². The lowest BCUT2D eigenvalue weighted by molar-refractivity contribution is 0.0278. The number of esters is 1. The Balaban J connectivity index is 1.81. The van der Waals surface area contributed by atoms with Crippen molar-refractivity contribution in [1.29, 1.82) is 0 Å². The molecule has 0 spiro atoms. The Labute approximate surface area is 130 Å². The molecule has 23 heavy (non-hydrogen) atoms. The average Bonchev–Trinajstić information content (AvgIpc) is 3.17. The zero-order chi connectivity index (χ0) is 16.4. The molecule has 0 aliphatic carbocycles. The molecule has 0 amide bonds. The third-order valence-corrected chi connectivity index (χ3v) is 3.17. The van der Waals surface area contributed by atoms with E-state index in [1.54, 1.807) is 26.0 Å². The maximum Gasteiger partial charge on any atom is 0.342 e. The fraction of sp³-hybridized carbons (Fsp3) is 0.200. The van der Waals surface area contributed by atoms with Crippen molar-refractivity contribution in [3.63, 3.8) is 0 Å². The summed E-state index contributed by atoms with van der Waals surface area (Å²) in [6.07, 6.45) is 0.659.